The standard InChI is InChI=1S/C34H22Br2O2/c35-31-19-17-25(21-9-1-3-11-23(21)31)33(37)27-13-5-7-15-29(27)34(38,30-16-8-6-14-28(30)33)26-18-20-32(36)24-12-4-2-10-22(24)26/h1-20,37-38H. The van der Waals surface area contributed by atoms with Crippen LogP contribution in [0.1, 0.15) is 33.4 Å². The number of rotatable bonds is 2. The fraction of sp³-hybridized carbons (Fsp3) is 0.0588. The number of fused-ring (bicyclic) bond motifs is 4. The first-order chi connectivity index (χ1) is 18.5. The lowest BCUT2D eigenvalue weighted by molar-refractivity contribution is 0.0763. The van der Waals surface area contributed by atoms with Gasteiger partial charge in [-0.2, -0.15) is 0 Å². The number of benzene rings is 6. The van der Waals surface area contributed by atoms with E-state index in [1.165, 1.54) is 0 Å². The Morgan fingerprint density at radius 1 is 0.342 bits per heavy atom. The van der Waals surface area contributed by atoms with Gasteiger partial charge in [-0.15, -0.1) is 0 Å². The largest absolute Gasteiger partial charge is 0.376 e. The van der Waals surface area contributed by atoms with Gasteiger partial charge in [0.1, 0.15) is 11.2 Å². The summed E-state index contributed by atoms with van der Waals surface area (Å²) >= 11 is 7.38. The molecular weight excluding hydrogens is 600 g/mol. The Balaban J connectivity index is 1.62. The van der Waals surface area contributed by atoms with Crippen molar-refractivity contribution < 1.29 is 10.2 Å². The molecule has 0 radical (unpaired) electrons. The molecule has 4 heteroatoms. The molecule has 184 valence electrons. The summed E-state index contributed by atoms with van der Waals surface area (Å²) in [5.74, 6) is 0. The summed E-state index contributed by atoms with van der Waals surface area (Å²) < 4.78 is 1.94. The van der Waals surface area contributed by atoms with Crippen molar-refractivity contribution in [1.82, 2.24) is 0 Å². The molecular formula is C34H22Br2O2. The van der Waals surface area contributed by atoms with E-state index in [0.29, 0.717) is 22.3 Å². The van der Waals surface area contributed by atoms with Gasteiger partial charge in [0.2, 0.25) is 0 Å². The molecule has 0 spiro atoms. The molecule has 1 aliphatic carbocycles. The quantitative estimate of drug-likeness (QED) is 0.204. The van der Waals surface area contributed by atoms with Crippen LogP contribution >= 0.6 is 31.9 Å². The summed E-state index contributed by atoms with van der Waals surface area (Å²) in [5.41, 5.74) is 1.26. The van der Waals surface area contributed by atoms with Crippen LogP contribution in [0, 0.1) is 0 Å². The van der Waals surface area contributed by atoms with E-state index in [1.807, 2.05) is 109 Å². The van der Waals surface area contributed by atoms with Crippen LogP contribution in [0.2, 0.25) is 0 Å². The molecule has 0 heterocycles. The van der Waals surface area contributed by atoms with Crippen molar-refractivity contribution in [2.24, 2.45) is 0 Å². The maximum atomic E-state index is 12.9. The summed E-state index contributed by atoms with van der Waals surface area (Å²) in [4.78, 5) is 0. The molecule has 0 bridgehead atoms. The summed E-state index contributed by atoms with van der Waals surface area (Å²) in [6.07, 6.45) is 0. The second-order valence-corrected chi connectivity index (χ2v) is 11.5. The zero-order chi connectivity index (χ0) is 26.1. The van der Waals surface area contributed by atoms with Crippen LogP contribution in [0.25, 0.3) is 21.5 Å². The topological polar surface area (TPSA) is 40.5 Å². The summed E-state index contributed by atoms with van der Waals surface area (Å²) in [6, 6.07) is 39.6. The lowest BCUT2D eigenvalue weighted by atomic mass is 9.62. The molecule has 0 amide bonds. The van der Waals surface area contributed by atoms with Gasteiger partial charge in [-0.25, -0.2) is 0 Å². The lowest BCUT2D eigenvalue weighted by Gasteiger charge is -2.45. The molecule has 0 saturated heterocycles. The van der Waals surface area contributed by atoms with Crippen LogP contribution in [-0.4, -0.2) is 10.2 Å². The minimum atomic E-state index is -1.48. The monoisotopic (exact) mass is 620 g/mol. The Kier molecular flexibility index (Phi) is 5.40. The number of hydrogen-bond acceptors (Lipinski definition) is 2. The van der Waals surface area contributed by atoms with Crippen molar-refractivity contribution in [3.63, 3.8) is 0 Å². The smallest absolute Gasteiger partial charge is 0.141 e. The van der Waals surface area contributed by atoms with Crippen LogP contribution in [0.5, 0.6) is 0 Å². The highest BCUT2D eigenvalue weighted by molar-refractivity contribution is 9.11. The van der Waals surface area contributed by atoms with E-state index in [4.69, 9.17) is 0 Å². The molecule has 1 aliphatic rings. The van der Waals surface area contributed by atoms with Crippen molar-refractivity contribution in [3.05, 3.63) is 164 Å². The van der Waals surface area contributed by atoms with Crippen LogP contribution in [0.3, 0.4) is 0 Å². The van der Waals surface area contributed by atoms with Crippen molar-refractivity contribution >= 4 is 53.4 Å². The molecule has 2 nitrogen and oxygen atoms in total. The molecule has 0 saturated carbocycles. The van der Waals surface area contributed by atoms with E-state index < -0.39 is 11.2 Å². The second kappa shape index (κ2) is 8.62. The van der Waals surface area contributed by atoms with Gasteiger partial charge in [0, 0.05) is 20.1 Å². The van der Waals surface area contributed by atoms with E-state index in [0.717, 1.165) is 41.6 Å². The Morgan fingerprint density at radius 3 is 0.974 bits per heavy atom. The van der Waals surface area contributed by atoms with Gasteiger partial charge >= 0.3 is 0 Å². The fourth-order valence-corrected chi connectivity index (χ4v) is 7.21. The number of halogens is 2. The van der Waals surface area contributed by atoms with Gasteiger partial charge in [-0.05, 0) is 55.9 Å². The minimum Gasteiger partial charge on any atom is -0.376 e. The SMILES string of the molecule is OC1(c2ccc(Br)c3ccccc23)c2ccccc2C(O)(c2ccc(Br)c3ccccc23)c2ccccc21. The second-order valence-electron chi connectivity index (χ2n) is 9.79. The van der Waals surface area contributed by atoms with Crippen LogP contribution < -0.4 is 0 Å². The van der Waals surface area contributed by atoms with Gasteiger partial charge in [-0.1, -0.05) is 141 Å². The molecule has 7 rings (SSSR count). The maximum absolute atomic E-state index is 12.9. The average molecular weight is 622 g/mol. The van der Waals surface area contributed by atoms with E-state index in [1.54, 1.807) is 0 Å². The first kappa shape index (κ1) is 23.8. The highest BCUT2D eigenvalue weighted by atomic mass is 79.9. The Bertz CT molecular complexity index is 1710. The Hall–Kier alpha value is -3.28. The molecule has 6 aromatic carbocycles. The van der Waals surface area contributed by atoms with E-state index in [9.17, 15) is 10.2 Å². The molecule has 0 aromatic heterocycles. The average Bonchev–Trinajstić information content (AvgIpc) is 2.97. The lowest BCUT2D eigenvalue weighted by Crippen LogP contribution is -2.44. The summed E-state index contributed by atoms with van der Waals surface area (Å²) in [5, 5.41) is 29.8. The zero-order valence-corrected chi connectivity index (χ0v) is 23.4. The van der Waals surface area contributed by atoms with Crippen molar-refractivity contribution in [2.45, 2.75) is 11.2 Å². The van der Waals surface area contributed by atoms with Crippen molar-refractivity contribution in [2.75, 3.05) is 0 Å². The third kappa shape index (κ3) is 3.12. The summed E-state index contributed by atoms with van der Waals surface area (Å²) in [7, 11) is 0. The highest BCUT2D eigenvalue weighted by Gasteiger charge is 2.51. The van der Waals surface area contributed by atoms with Crippen LogP contribution in [-0.2, 0) is 11.2 Å². The third-order valence-corrected chi connectivity index (χ3v) is 9.32. The fourth-order valence-electron chi connectivity index (χ4n) is 6.25. The van der Waals surface area contributed by atoms with E-state index in [2.05, 4.69) is 44.0 Å². The number of aliphatic hydroxyl groups is 2. The maximum Gasteiger partial charge on any atom is 0.141 e. The van der Waals surface area contributed by atoms with Gasteiger partial charge in [0.25, 0.3) is 0 Å². The molecule has 0 atom stereocenters. The Labute approximate surface area is 237 Å². The van der Waals surface area contributed by atoms with Gasteiger partial charge in [-0.3, -0.25) is 0 Å². The van der Waals surface area contributed by atoms with Crippen molar-refractivity contribution in [1.29, 1.82) is 0 Å². The molecule has 38 heavy (non-hydrogen) atoms. The summed E-state index contributed by atoms with van der Waals surface area (Å²) in [6.45, 7) is 0. The molecule has 6 aromatic rings. The first-order valence-corrected chi connectivity index (χ1v) is 14.0. The number of hydrogen-bond donors (Lipinski definition) is 2. The molecule has 0 fully saturated rings. The molecule has 2 N–H and O–H groups in total. The van der Waals surface area contributed by atoms with E-state index >= 15 is 0 Å². The first-order valence-electron chi connectivity index (χ1n) is 12.5. The van der Waals surface area contributed by atoms with Gasteiger partial charge in [0.05, 0.1) is 0 Å². The molecule has 0 aliphatic heterocycles. The van der Waals surface area contributed by atoms with Gasteiger partial charge in [0.15, 0.2) is 0 Å². The van der Waals surface area contributed by atoms with Gasteiger partial charge < -0.3 is 10.2 Å². The highest BCUT2D eigenvalue weighted by Crippen LogP contribution is 2.55. The molecule has 0 unspecified atom stereocenters. The van der Waals surface area contributed by atoms with Crippen LogP contribution in [0.15, 0.2) is 130 Å². The van der Waals surface area contributed by atoms with Crippen LogP contribution in [0.4, 0.5) is 0 Å². The third-order valence-electron chi connectivity index (χ3n) is 7.93. The predicted molar refractivity (Wildman–Crippen MR) is 160 cm³/mol. The normalized spacial score (nSPS) is 20.3. The predicted octanol–water partition coefficient (Wildman–Crippen LogP) is 8.40. The zero-order valence-electron chi connectivity index (χ0n) is 20.2. The van der Waals surface area contributed by atoms with E-state index in [-0.39, 0.29) is 0 Å². The van der Waals surface area contributed by atoms with Crippen molar-refractivity contribution in [3.8, 4) is 0 Å². The minimum absolute atomic E-state index is 0.667. The Morgan fingerprint density at radius 2 is 0.632 bits per heavy atom.